The molecule has 2 atom stereocenters. The van der Waals surface area contributed by atoms with Crippen LogP contribution in [0.3, 0.4) is 0 Å². The van der Waals surface area contributed by atoms with E-state index >= 15 is 0 Å². The minimum atomic E-state index is 0.572. The fourth-order valence-corrected chi connectivity index (χ4v) is 2.68. The third-order valence-corrected chi connectivity index (χ3v) is 3.76. The van der Waals surface area contributed by atoms with Crippen molar-refractivity contribution in [2.75, 3.05) is 32.8 Å². The van der Waals surface area contributed by atoms with Gasteiger partial charge >= 0.3 is 0 Å². The summed E-state index contributed by atoms with van der Waals surface area (Å²) in [6.45, 7) is 11.0. The van der Waals surface area contributed by atoms with E-state index in [0.29, 0.717) is 18.7 Å². The van der Waals surface area contributed by atoms with E-state index in [9.17, 15) is 0 Å². The van der Waals surface area contributed by atoms with Gasteiger partial charge in [0, 0.05) is 31.7 Å². The summed E-state index contributed by atoms with van der Waals surface area (Å²) in [6.07, 6.45) is 0. The number of hydrogen-bond donors (Lipinski definition) is 1. The number of piperazine rings is 1. The Hall–Kier alpha value is -1.26. The predicted molar refractivity (Wildman–Crippen MR) is 81.6 cm³/mol. The first-order valence-electron chi connectivity index (χ1n) is 7.53. The fourth-order valence-electron chi connectivity index (χ4n) is 2.68. The molecule has 1 fully saturated rings. The van der Waals surface area contributed by atoms with Gasteiger partial charge in [-0.05, 0) is 45.0 Å². The number of benzene rings is 1. The van der Waals surface area contributed by atoms with E-state index in [2.05, 4.69) is 24.1 Å². The van der Waals surface area contributed by atoms with Gasteiger partial charge in [-0.3, -0.25) is 4.90 Å². The minimum absolute atomic E-state index is 0.572. The van der Waals surface area contributed by atoms with Crippen LogP contribution in [0, 0.1) is 0 Å². The van der Waals surface area contributed by atoms with Crippen LogP contribution in [0.4, 0.5) is 0 Å². The Morgan fingerprint density at radius 1 is 1.05 bits per heavy atom. The summed E-state index contributed by atoms with van der Waals surface area (Å²) < 4.78 is 11.2. The Morgan fingerprint density at radius 2 is 1.60 bits per heavy atom. The highest BCUT2D eigenvalue weighted by molar-refractivity contribution is 5.31. The molecule has 0 spiro atoms. The molecule has 2 rings (SSSR count). The average molecular weight is 278 g/mol. The van der Waals surface area contributed by atoms with Gasteiger partial charge in [-0.2, -0.15) is 0 Å². The van der Waals surface area contributed by atoms with Crippen LogP contribution in [0.1, 0.15) is 20.8 Å². The molecule has 1 aliphatic rings. The van der Waals surface area contributed by atoms with Crippen molar-refractivity contribution < 1.29 is 9.47 Å². The molecule has 4 heteroatoms. The summed E-state index contributed by atoms with van der Waals surface area (Å²) in [4.78, 5) is 2.51. The van der Waals surface area contributed by atoms with Gasteiger partial charge in [-0.1, -0.05) is 0 Å². The van der Waals surface area contributed by atoms with E-state index < -0.39 is 0 Å². The molecule has 1 aliphatic heterocycles. The molecule has 1 saturated heterocycles. The van der Waals surface area contributed by atoms with E-state index in [-0.39, 0.29) is 0 Å². The zero-order chi connectivity index (χ0) is 14.4. The standard InChI is InChI=1S/C16H26N2O2/c1-4-19-15-5-7-16(8-6-15)20-10-9-18-13(2)11-17-12-14(18)3/h5-8,13-14,17H,4,9-12H2,1-3H3. The molecule has 4 nitrogen and oxygen atoms in total. The topological polar surface area (TPSA) is 33.7 Å². The van der Waals surface area contributed by atoms with Crippen molar-refractivity contribution in [3.63, 3.8) is 0 Å². The molecule has 20 heavy (non-hydrogen) atoms. The molecule has 0 amide bonds. The molecular weight excluding hydrogens is 252 g/mol. The van der Waals surface area contributed by atoms with Crippen molar-refractivity contribution in [2.24, 2.45) is 0 Å². The van der Waals surface area contributed by atoms with Crippen LogP contribution in [-0.4, -0.2) is 49.8 Å². The Balaban J connectivity index is 1.77. The van der Waals surface area contributed by atoms with Gasteiger partial charge in [0.1, 0.15) is 18.1 Å². The first-order valence-corrected chi connectivity index (χ1v) is 7.53. The third-order valence-electron chi connectivity index (χ3n) is 3.76. The maximum absolute atomic E-state index is 5.82. The van der Waals surface area contributed by atoms with E-state index in [1.807, 2.05) is 31.2 Å². The Kier molecular flexibility index (Phi) is 5.68. The van der Waals surface area contributed by atoms with Crippen LogP contribution in [-0.2, 0) is 0 Å². The van der Waals surface area contributed by atoms with E-state index in [1.165, 1.54) is 0 Å². The summed E-state index contributed by atoms with van der Waals surface area (Å²) >= 11 is 0. The molecule has 0 aromatic heterocycles. The summed E-state index contributed by atoms with van der Waals surface area (Å²) in [5, 5.41) is 3.44. The van der Waals surface area contributed by atoms with Crippen LogP contribution < -0.4 is 14.8 Å². The summed E-state index contributed by atoms with van der Waals surface area (Å²) in [6, 6.07) is 8.99. The summed E-state index contributed by atoms with van der Waals surface area (Å²) in [5.41, 5.74) is 0. The van der Waals surface area contributed by atoms with Crippen LogP contribution in [0.15, 0.2) is 24.3 Å². The molecule has 0 aliphatic carbocycles. The number of nitrogens with zero attached hydrogens (tertiary/aromatic N) is 1. The highest BCUT2D eigenvalue weighted by Crippen LogP contribution is 2.17. The van der Waals surface area contributed by atoms with Gasteiger partial charge in [0.2, 0.25) is 0 Å². The molecule has 0 bridgehead atoms. The lowest BCUT2D eigenvalue weighted by Crippen LogP contribution is -2.55. The van der Waals surface area contributed by atoms with Gasteiger partial charge in [0.25, 0.3) is 0 Å². The van der Waals surface area contributed by atoms with Gasteiger partial charge in [0.15, 0.2) is 0 Å². The lowest BCUT2D eigenvalue weighted by atomic mass is 10.1. The second-order valence-corrected chi connectivity index (χ2v) is 5.35. The Morgan fingerprint density at radius 3 is 2.15 bits per heavy atom. The molecule has 1 heterocycles. The molecule has 1 aromatic rings. The first-order chi connectivity index (χ1) is 9.70. The van der Waals surface area contributed by atoms with Crippen molar-refractivity contribution in [3.8, 4) is 11.5 Å². The largest absolute Gasteiger partial charge is 0.494 e. The molecule has 1 N–H and O–H groups in total. The Labute approximate surface area is 122 Å². The van der Waals surface area contributed by atoms with Crippen LogP contribution in [0.5, 0.6) is 11.5 Å². The number of rotatable bonds is 6. The number of nitrogens with one attached hydrogen (secondary N) is 1. The van der Waals surface area contributed by atoms with E-state index in [1.54, 1.807) is 0 Å². The maximum Gasteiger partial charge on any atom is 0.119 e. The smallest absolute Gasteiger partial charge is 0.119 e. The second-order valence-electron chi connectivity index (χ2n) is 5.35. The average Bonchev–Trinajstić information content (AvgIpc) is 2.44. The monoisotopic (exact) mass is 278 g/mol. The third kappa shape index (κ3) is 4.12. The van der Waals surface area contributed by atoms with Crippen molar-refractivity contribution >= 4 is 0 Å². The zero-order valence-corrected chi connectivity index (χ0v) is 12.8. The number of ether oxygens (including phenoxy) is 2. The molecule has 0 radical (unpaired) electrons. The molecule has 0 saturated carbocycles. The van der Waals surface area contributed by atoms with Gasteiger partial charge in [0.05, 0.1) is 6.61 Å². The van der Waals surface area contributed by atoms with Crippen molar-refractivity contribution in [2.45, 2.75) is 32.9 Å². The molecule has 1 aromatic carbocycles. The molecular formula is C16H26N2O2. The fraction of sp³-hybridized carbons (Fsp3) is 0.625. The normalized spacial score (nSPS) is 23.6. The van der Waals surface area contributed by atoms with Crippen LogP contribution in [0.2, 0.25) is 0 Å². The van der Waals surface area contributed by atoms with Crippen molar-refractivity contribution in [1.29, 1.82) is 0 Å². The quantitative estimate of drug-likeness (QED) is 0.864. The lowest BCUT2D eigenvalue weighted by molar-refractivity contribution is 0.0966. The van der Waals surface area contributed by atoms with Gasteiger partial charge in [-0.15, -0.1) is 0 Å². The van der Waals surface area contributed by atoms with E-state index in [4.69, 9.17) is 9.47 Å². The SMILES string of the molecule is CCOc1ccc(OCCN2C(C)CNCC2C)cc1. The van der Waals surface area contributed by atoms with Gasteiger partial charge < -0.3 is 14.8 Å². The van der Waals surface area contributed by atoms with Crippen molar-refractivity contribution in [3.05, 3.63) is 24.3 Å². The first kappa shape index (κ1) is 15.1. The second kappa shape index (κ2) is 7.50. The highest BCUT2D eigenvalue weighted by atomic mass is 16.5. The molecule has 112 valence electrons. The maximum atomic E-state index is 5.82. The summed E-state index contributed by atoms with van der Waals surface area (Å²) in [5.74, 6) is 1.80. The highest BCUT2D eigenvalue weighted by Gasteiger charge is 2.23. The zero-order valence-electron chi connectivity index (χ0n) is 12.8. The number of hydrogen-bond acceptors (Lipinski definition) is 4. The van der Waals surface area contributed by atoms with Gasteiger partial charge in [-0.25, -0.2) is 0 Å². The predicted octanol–water partition coefficient (Wildman–Crippen LogP) is 2.15. The minimum Gasteiger partial charge on any atom is -0.494 e. The summed E-state index contributed by atoms with van der Waals surface area (Å²) in [7, 11) is 0. The van der Waals surface area contributed by atoms with Crippen LogP contribution in [0.25, 0.3) is 0 Å². The van der Waals surface area contributed by atoms with E-state index in [0.717, 1.165) is 37.7 Å². The molecule has 2 unspecified atom stereocenters. The van der Waals surface area contributed by atoms with Crippen LogP contribution >= 0.6 is 0 Å². The Bertz CT molecular complexity index is 384. The lowest BCUT2D eigenvalue weighted by Gasteiger charge is -2.39. The van der Waals surface area contributed by atoms with Crippen molar-refractivity contribution in [1.82, 2.24) is 10.2 Å².